The van der Waals surface area contributed by atoms with Gasteiger partial charge in [-0.1, -0.05) is 0 Å². The molecule has 0 bridgehead atoms. The highest BCUT2D eigenvalue weighted by atomic mass is 32.1. The SMILES string of the molecule is CNC1CCN(Cc2sc(C)nc2C(F)(F)F)C1. The summed E-state index contributed by atoms with van der Waals surface area (Å²) in [5.41, 5.74) is -0.710. The number of nitrogens with zero attached hydrogens (tertiary/aromatic N) is 2. The lowest BCUT2D eigenvalue weighted by atomic mass is 10.3. The van der Waals surface area contributed by atoms with E-state index in [0.29, 0.717) is 22.5 Å². The number of nitrogens with one attached hydrogen (secondary N) is 1. The van der Waals surface area contributed by atoms with Gasteiger partial charge in [-0.05, 0) is 20.4 Å². The van der Waals surface area contributed by atoms with E-state index in [9.17, 15) is 13.2 Å². The van der Waals surface area contributed by atoms with Crippen molar-refractivity contribution in [1.29, 1.82) is 0 Å². The minimum atomic E-state index is -4.35. The molecule has 102 valence electrons. The smallest absolute Gasteiger partial charge is 0.316 e. The molecule has 0 radical (unpaired) electrons. The van der Waals surface area contributed by atoms with Crippen molar-refractivity contribution in [3.63, 3.8) is 0 Å². The lowest BCUT2D eigenvalue weighted by Gasteiger charge is -2.16. The molecule has 2 heterocycles. The summed E-state index contributed by atoms with van der Waals surface area (Å²) in [6.07, 6.45) is -3.36. The summed E-state index contributed by atoms with van der Waals surface area (Å²) in [4.78, 5) is 5.99. The zero-order valence-electron chi connectivity index (χ0n) is 10.3. The molecule has 1 saturated heterocycles. The Labute approximate surface area is 108 Å². The summed E-state index contributed by atoms with van der Waals surface area (Å²) in [7, 11) is 1.88. The lowest BCUT2D eigenvalue weighted by Crippen LogP contribution is -2.29. The fourth-order valence-corrected chi connectivity index (χ4v) is 3.21. The second-order valence-electron chi connectivity index (χ2n) is 4.51. The van der Waals surface area contributed by atoms with Crippen LogP contribution in [-0.2, 0) is 12.7 Å². The standard InChI is InChI=1S/C11H16F3N3S/c1-7-16-10(11(12,13)14)9(18-7)6-17-4-3-8(5-17)15-2/h8,15H,3-6H2,1-2H3. The summed E-state index contributed by atoms with van der Waals surface area (Å²) >= 11 is 1.14. The van der Waals surface area contributed by atoms with Gasteiger partial charge >= 0.3 is 6.18 Å². The minimum Gasteiger partial charge on any atom is -0.316 e. The number of alkyl halides is 3. The minimum absolute atomic E-state index is 0.330. The quantitative estimate of drug-likeness (QED) is 0.920. The van der Waals surface area contributed by atoms with E-state index in [1.54, 1.807) is 6.92 Å². The van der Waals surface area contributed by atoms with Crippen molar-refractivity contribution in [3.05, 3.63) is 15.6 Å². The molecule has 1 aromatic heterocycles. The predicted octanol–water partition coefficient (Wildman–Crippen LogP) is 2.26. The first-order valence-corrected chi connectivity index (χ1v) is 6.65. The first-order valence-electron chi connectivity index (χ1n) is 5.83. The summed E-state index contributed by atoms with van der Waals surface area (Å²) in [5, 5.41) is 3.63. The van der Waals surface area contributed by atoms with Crippen LogP contribution in [-0.4, -0.2) is 36.1 Å². The molecule has 18 heavy (non-hydrogen) atoms. The summed E-state index contributed by atoms with van der Waals surface area (Å²) in [6, 6.07) is 0.383. The van der Waals surface area contributed by atoms with Gasteiger partial charge in [0, 0.05) is 25.7 Å². The Morgan fingerprint density at radius 1 is 1.50 bits per heavy atom. The van der Waals surface area contributed by atoms with Gasteiger partial charge in [0.2, 0.25) is 0 Å². The van der Waals surface area contributed by atoms with Crippen LogP contribution in [0.3, 0.4) is 0 Å². The van der Waals surface area contributed by atoms with Crippen LogP contribution < -0.4 is 5.32 Å². The number of likely N-dealkylation sites (N-methyl/N-ethyl adjacent to an activating group) is 1. The van der Waals surface area contributed by atoms with E-state index >= 15 is 0 Å². The predicted molar refractivity (Wildman–Crippen MR) is 64.6 cm³/mol. The fraction of sp³-hybridized carbons (Fsp3) is 0.727. The Morgan fingerprint density at radius 3 is 2.78 bits per heavy atom. The molecule has 1 fully saturated rings. The molecule has 1 aliphatic rings. The Bertz CT molecular complexity index is 416. The summed E-state index contributed by atoms with van der Waals surface area (Å²) in [6.45, 7) is 3.59. The van der Waals surface area contributed by atoms with E-state index in [2.05, 4.69) is 10.3 Å². The van der Waals surface area contributed by atoms with E-state index in [4.69, 9.17) is 0 Å². The third kappa shape index (κ3) is 3.02. The zero-order valence-corrected chi connectivity index (χ0v) is 11.2. The first kappa shape index (κ1) is 13.8. The average Bonchev–Trinajstić information content (AvgIpc) is 2.85. The molecule has 7 heteroatoms. The van der Waals surface area contributed by atoms with Gasteiger partial charge in [-0.3, -0.25) is 4.90 Å². The van der Waals surface area contributed by atoms with Crippen molar-refractivity contribution in [3.8, 4) is 0 Å². The highest BCUT2D eigenvalue weighted by Crippen LogP contribution is 2.35. The van der Waals surface area contributed by atoms with Crippen LogP contribution in [0.4, 0.5) is 13.2 Å². The number of halogens is 3. The molecule has 0 amide bonds. The number of aryl methyl sites for hydroxylation is 1. The van der Waals surface area contributed by atoms with Crippen molar-refractivity contribution in [2.75, 3.05) is 20.1 Å². The van der Waals surface area contributed by atoms with E-state index in [0.717, 1.165) is 30.8 Å². The molecule has 1 N–H and O–H groups in total. The number of hydrogen-bond acceptors (Lipinski definition) is 4. The van der Waals surface area contributed by atoms with E-state index < -0.39 is 11.9 Å². The van der Waals surface area contributed by atoms with Crippen LogP contribution >= 0.6 is 11.3 Å². The molecule has 2 rings (SSSR count). The molecule has 0 saturated carbocycles. The maximum atomic E-state index is 12.8. The Hall–Kier alpha value is -0.660. The van der Waals surface area contributed by atoms with Crippen molar-refractivity contribution in [2.24, 2.45) is 0 Å². The molecular weight excluding hydrogens is 263 g/mol. The maximum absolute atomic E-state index is 12.8. The molecular formula is C11H16F3N3S. The van der Waals surface area contributed by atoms with Gasteiger partial charge in [-0.25, -0.2) is 4.98 Å². The van der Waals surface area contributed by atoms with Crippen LogP contribution in [0.15, 0.2) is 0 Å². The molecule has 0 spiro atoms. The van der Waals surface area contributed by atoms with Gasteiger partial charge in [-0.2, -0.15) is 13.2 Å². The number of rotatable bonds is 3. The molecule has 0 aromatic carbocycles. The fourth-order valence-electron chi connectivity index (χ4n) is 2.21. The van der Waals surface area contributed by atoms with Crippen LogP contribution in [0.1, 0.15) is 22.0 Å². The molecule has 1 atom stereocenters. The molecule has 1 unspecified atom stereocenters. The Balaban J connectivity index is 2.10. The van der Waals surface area contributed by atoms with Gasteiger partial charge in [-0.15, -0.1) is 11.3 Å². The molecule has 1 aromatic rings. The van der Waals surface area contributed by atoms with Crippen molar-refractivity contribution >= 4 is 11.3 Å². The van der Waals surface area contributed by atoms with Crippen molar-refractivity contribution < 1.29 is 13.2 Å². The first-order chi connectivity index (χ1) is 8.40. The number of likely N-dealkylation sites (tertiary alicyclic amines) is 1. The van der Waals surface area contributed by atoms with E-state index in [-0.39, 0.29) is 0 Å². The van der Waals surface area contributed by atoms with Gasteiger partial charge in [0.25, 0.3) is 0 Å². The molecule has 1 aliphatic heterocycles. The second-order valence-corrected chi connectivity index (χ2v) is 5.80. The number of aromatic nitrogens is 1. The summed E-state index contributed by atoms with van der Waals surface area (Å²) < 4.78 is 38.4. The van der Waals surface area contributed by atoms with Gasteiger partial charge < -0.3 is 5.32 Å². The van der Waals surface area contributed by atoms with Crippen LogP contribution in [0, 0.1) is 6.92 Å². The number of hydrogen-bond donors (Lipinski definition) is 1. The van der Waals surface area contributed by atoms with Crippen LogP contribution in [0.5, 0.6) is 0 Å². The molecule has 3 nitrogen and oxygen atoms in total. The average molecular weight is 279 g/mol. The van der Waals surface area contributed by atoms with Crippen LogP contribution in [0.25, 0.3) is 0 Å². The highest BCUT2D eigenvalue weighted by molar-refractivity contribution is 7.11. The zero-order chi connectivity index (χ0) is 13.3. The largest absolute Gasteiger partial charge is 0.434 e. The van der Waals surface area contributed by atoms with Gasteiger partial charge in [0.05, 0.1) is 9.88 Å². The van der Waals surface area contributed by atoms with Gasteiger partial charge in [0.1, 0.15) is 0 Å². The summed E-state index contributed by atoms with van der Waals surface area (Å²) in [5.74, 6) is 0. The second kappa shape index (κ2) is 5.14. The Kier molecular flexibility index (Phi) is 3.93. The Morgan fingerprint density at radius 2 is 2.22 bits per heavy atom. The van der Waals surface area contributed by atoms with Crippen LogP contribution in [0.2, 0.25) is 0 Å². The van der Waals surface area contributed by atoms with E-state index in [1.807, 2.05) is 11.9 Å². The third-order valence-electron chi connectivity index (χ3n) is 3.12. The normalized spacial score (nSPS) is 21.7. The lowest BCUT2D eigenvalue weighted by molar-refractivity contribution is -0.141. The third-order valence-corrected chi connectivity index (χ3v) is 4.08. The maximum Gasteiger partial charge on any atom is 0.434 e. The van der Waals surface area contributed by atoms with Gasteiger partial charge in [0.15, 0.2) is 5.69 Å². The highest BCUT2D eigenvalue weighted by Gasteiger charge is 2.37. The van der Waals surface area contributed by atoms with Crippen molar-refractivity contribution in [1.82, 2.24) is 15.2 Å². The van der Waals surface area contributed by atoms with E-state index in [1.165, 1.54) is 0 Å². The van der Waals surface area contributed by atoms with Crippen molar-refractivity contribution in [2.45, 2.75) is 32.1 Å². The topological polar surface area (TPSA) is 28.2 Å². The molecule has 0 aliphatic carbocycles. The monoisotopic (exact) mass is 279 g/mol. The number of thiazole rings is 1.